The molecule has 8 nitrogen and oxygen atoms in total. The zero-order chi connectivity index (χ0) is 22.0. The number of hydrogen-bond acceptors (Lipinski definition) is 5. The predicted molar refractivity (Wildman–Crippen MR) is 112 cm³/mol. The maximum Gasteiger partial charge on any atom is 0.349 e. The molecule has 1 unspecified atom stereocenters. The van der Waals surface area contributed by atoms with Gasteiger partial charge in [-0.25, -0.2) is 4.79 Å². The van der Waals surface area contributed by atoms with Gasteiger partial charge in [-0.15, -0.1) is 0 Å². The first kappa shape index (κ1) is 21.3. The number of nitrogens with zero attached hydrogens (tertiary/aromatic N) is 4. The molecule has 10 heteroatoms. The Morgan fingerprint density at radius 1 is 1.17 bits per heavy atom. The minimum atomic E-state index is -0.884. The number of aromatic amines is 1. The monoisotopic (exact) mass is 443 g/mol. The lowest BCUT2D eigenvalue weighted by atomic mass is 9.92. The van der Waals surface area contributed by atoms with Crippen LogP contribution >= 0.6 is 23.2 Å². The van der Waals surface area contributed by atoms with E-state index in [2.05, 4.69) is 16.2 Å². The molecule has 1 aromatic heterocycles. The van der Waals surface area contributed by atoms with Gasteiger partial charge in [-0.05, 0) is 35.4 Å². The van der Waals surface area contributed by atoms with E-state index in [1.54, 1.807) is 30.3 Å². The molecule has 0 aliphatic carbocycles. The first-order chi connectivity index (χ1) is 14.2. The second-order valence-corrected chi connectivity index (χ2v) is 7.38. The van der Waals surface area contributed by atoms with Crippen LogP contribution in [0, 0.1) is 11.3 Å². The average molecular weight is 444 g/mol. The van der Waals surface area contributed by atoms with Crippen molar-refractivity contribution in [3.05, 3.63) is 90.2 Å². The SMILES string of the molecule is CN(C)C(=O)c1nn(-c2ccc(C(C#N)c3ccc(Cl)cc3)c(Cl)c2)c(=O)[nH]c1=O. The van der Waals surface area contributed by atoms with E-state index in [1.165, 1.54) is 31.1 Å². The van der Waals surface area contributed by atoms with Crippen molar-refractivity contribution >= 4 is 29.1 Å². The Kier molecular flexibility index (Phi) is 6.06. The standard InChI is InChI=1S/C20H15Cl2N5O3/c1-26(2)19(29)17-18(28)24-20(30)27(25-17)13-7-8-14(16(22)9-13)15(10-23)11-3-5-12(21)6-4-11/h3-9,15H,1-2H3,(H,24,28,30). The summed E-state index contributed by atoms with van der Waals surface area (Å²) in [4.78, 5) is 39.6. The van der Waals surface area contributed by atoms with Crippen molar-refractivity contribution in [1.29, 1.82) is 5.26 Å². The van der Waals surface area contributed by atoms with Crippen LogP contribution < -0.4 is 11.2 Å². The van der Waals surface area contributed by atoms with Crippen LogP contribution in [0.1, 0.15) is 27.5 Å². The number of amides is 1. The molecule has 0 fully saturated rings. The number of rotatable bonds is 4. The highest BCUT2D eigenvalue weighted by Gasteiger charge is 2.20. The topological polar surface area (TPSA) is 112 Å². The van der Waals surface area contributed by atoms with Gasteiger partial charge in [-0.1, -0.05) is 41.4 Å². The largest absolute Gasteiger partial charge is 0.349 e. The molecule has 1 N–H and O–H groups in total. The first-order valence-electron chi connectivity index (χ1n) is 8.63. The van der Waals surface area contributed by atoms with E-state index in [-0.39, 0.29) is 10.7 Å². The number of benzene rings is 2. The Morgan fingerprint density at radius 2 is 1.83 bits per heavy atom. The molecule has 3 aromatic rings. The average Bonchev–Trinajstić information content (AvgIpc) is 2.70. The van der Waals surface area contributed by atoms with E-state index < -0.39 is 28.8 Å². The summed E-state index contributed by atoms with van der Waals surface area (Å²) >= 11 is 12.3. The van der Waals surface area contributed by atoms with Crippen LogP contribution in [0.4, 0.5) is 0 Å². The number of halogens is 2. The highest BCUT2D eigenvalue weighted by atomic mass is 35.5. The number of carbonyl (C=O) groups is 1. The minimum absolute atomic E-state index is 0.217. The smallest absolute Gasteiger partial charge is 0.343 e. The third kappa shape index (κ3) is 4.13. The van der Waals surface area contributed by atoms with Gasteiger partial charge in [-0.2, -0.15) is 15.0 Å². The molecule has 0 aliphatic rings. The van der Waals surface area contributed by atoms with Gasteiger partial charge in [0.25, 0.3) is 11.5 Å². The third-order valence-electron chi connectivity index (χ3n) is 4.31. The number of hydrogen-bond donors (Lipinski definition) is 1. The summed E-state index contributed by atoms with van der Waals surface area (Å²) in [6, 6.07) is 13.6. The fourth-order valence-electron chi connectivity index (χ4n) is 2.79. The van der Waals surface area contributed by atoms with Crippen molar-refractivity contribution < 1.29 is 4.79 Å². The molecule has 0 saturated carbocycles. The normalized spacial score (nSPS) is 11.6. The highest BCUT2D eigenvalue weighted by molar-refractivity contribution is 6.31. The molecule has 0 spiro atoms. The van der Waals surface area contributed by atoms with E-state index in [9.17, 15) is 19.6 Å². The van der Waals surface area contributed by atoms with E-state index in [0.29, 0.717) is 16.1 Å². The molecule has 152 valence electrons. The fraction of sp³-hybridized carbons (Fsp3) is 0.150. The quantitative estimate of drug-likeness (QED) is 0.665. The van der Waals surface area contributed by atoms with Crippen molar-refractivity contribution in [3.8, 4) is 11.8 Å². The van der Waals surface area contributed by atoms with Crippen LogP contribution in [0.2, 0.25) is 10.0 Å². The van der Waals surface area contributed by atoms with E-state index in [4.69, 9.17) is 23.2 Å². The molecule has 3 rings (SSSR count). The summed E-state index contributed by atoms with van der Waals surface area (Å²) in [6.07, 6.45) is 0. The fourth-order valence-corrected chi connectivity index (χ4v) is 3.20. The summed E-state index contributed by atoms with van der Waals surface area (Å²) in [5.41, 5.74) is -0.692. The lowest BCUT2D eigenvalue weighted by Gasteiger charge is -2.14. The zero-order valence-corrected chi connectivity index (χ0v) is 17.4. The summed E-state index contributed by atoms with van der Waals surface area (Å²) in [5.74, 6) is -1.31. The van der Waals surface area contributed by atoms with Gasteiger partial charge in [0.1, 0.15) is 0 Å². The summed E-state index contributed by atoms with van der Waals surface area (Å²) in [7, 11) is 2.92. The van der Waals surface area contributed by atoms with Crippen molar-refractivity contribution in [2.24, 2.45) is 0 Å². The first-order valence-corrected chi connectivity index (χ1v) is 9.38. The number of nitrogens with one attached hydrogen (secondary N) is 1. The Hall–Kier alpha value is -3.41. The molecular weight excluding hydrogens is 429 g/mol. The van der Waals surface area contributed by atoms with Crippen LogP contribution in [0.25, 0.3) is 5.69 Å². The Balaban J connectivity index is 2.07. The molecule has 0 saturated heterocycles. The second kappa shape index (κ2) is 8.53. The van der Waals surface area contributed by atoms with E-state index >= 15 is 0 Å². The molecule has 30 heavy (non-hydrogen) atoms. The number of H-pyrrole nitrogens is 1. The predicted octanol–water partition coefficient (Wildman–Crippen LogP) is 2.58. The van der Waals surface area contributed by atoms with Crippen LogP contribution in [0.5, 0.6) is 0 Å². The number of nitriles is 1. The summed E-state index contributed by atoms with van der Waals surface area (Å²) in [6.45, 7) is 0. The van der Waals surface area contributed by atoms with Crippen LogP contribution in [-0.2, 0) is 0 Å². The molecule has 0 aliphatic heterocycles. The molecule has 1 heterocycles. The Labute approximate surface area is 180 Å². The van der Waals surface area contributed by atoms with Gasteiger partial charge in [0.15, 0.2) is 0 Å². The summed E-state index contributed by atoms with van der Waals surface area (Å²) in [5, 5.41) is 14.3. The van der Waals surface area contributed by atoms with Gasteiger partial charge in [0.2, 0.25) is 5.69 Å². The molecule has 0 bridgehead atoms. The maximum absolute atomic E-state index is 12.2. The van der Waals surface area contributed by atoms with Gasteiger partial charge >= 0.3 is 5.69 Å². The van der Waals surface area contributed by atoms with Crippen molar-refractivity contribution in [1.82, 2.24) is 19.7 Å². The van der Waals surface area contributed by atoms with Crippen LogP contribution in [-0.4, -0.2) is 39.7 Å². The molecule has 0 radical (unpaired) electrons. The van der Waals surface area contributed by atoms with Crippen molar-refractivity contribution in [2.45, 2.75) is 5.92 Å². The van der Waals surface area contributed by atoms with Crippen LogP contribution in [0.15, 0.2) is 52.1 Å². The third-order valence-corrected chi connectivity index (χ3v) is 4.89. The molecule has 1 amide bonds. The maximum atomic E-state index is 12.2. The lowest BCUT2D eigenvalue weighted by molar-refractivity contribution is 0.0817. The summed E-state index contributed by atoms with van der Waals surface area (Å²) < 4.78 is 0.872. The highest BCUT2D eigenvalue weighted by Crippen LogP contribution is 2.31. The van der Waals surface area contributed by atoms with Gasteiger partial charge < -0.3 is 4.90 Å². The second-order valence-electron chi connectivity index (χ2n) is 6.54. The van der Waals surface area contributed by atoms with E-state index in [0.717, 1.165) is 4.68 Å². The van der Waals surface area contributed by atoms with E-state index in [1.807, 2.05) is 0 Å². The van der Waals surface area contributed by atoms with Crippen LogP contribution in [0.3, 0.4) is 0 Å². The zero-order valence-electron chi connectivity index (χ0n) is 15.9. The molecular formula is C20H15Cl2N5O3. The number of aromatic nitrogens is 3. The van der Waals surface area contributed by atoms with Crippen molar-refractivity contribution in [2.75, 3.05) is 14.1 Å². The Bertz CT molecular complexity index is 1270. The van der Waals surface area contributed by atoms with Gasteiger partial charge in [-0.3, -0.25) is 14.6 Å². The molecule has 1 atom stereocenters. The van der Waals surface area contributed by atoms with Crippen molar-refractivity contribution in [3.63, 3.8) is 0 Å². The minimum Gasteiger partial charge on any atom is -0.343 e. The lowest BCUT2D eigenvalue weighted by Crippen LogP contribution is -2.38. The molecule has 2 aromatic carbocycles. The number of carbonyl (C=O) groups excluding carboxylic acids is 1. The van der Waals surface area contributed by atoms with Gasteiger partial charge in [0, 0.05) is 24.1 Å². The van der Waals surface area contributed by atoms with Gasteiger partial charge in [0.05, 0.1) is 17.7 Å². The Morgan fingerprint density at radius 3 is 2.40 bits per heavy atom.